The van der Waals surface area contributed by atoms with Gasteiger partial charge in [-0.2, -0.15) is 0 Å². The van der Waals surface area contributed by atoms with Gasteiger partial charge in [0.15, 0.2) is 0 Å². The summed E-state index contributed by atoms with van der Waals surface area (Å²) in [7, 11) is 4.21. The molecule has 26 heavy (non-hydrogen) atoms. The Morgan fingerprint density at radius 3 is 3.08 bits per heavy atom. The molecule has 2 aromatic rings. The van der Waals surface area contributed by atoms with Crippen LogP contribution in [0.4, 0.5) is 0 Å². The zero-order valence-electron chi connectivity index (χ0n) is 15.9. The largest absolute Gasteiger partial charge is 0.342 e. The predicted octanol–water partition coefficient (Wildman–Crippen LogP) is 3.24. The van der Waals surface area contributed by atoms with Gasteiger partial charge in [0.05, 0.1) is 0 Å². The summed E-state index contributed by atoms with van der Waals surface area (Å²) in [5.74, 6) is 1.80. The van der Waals surface area contributed by atoms with E-state index >= 15 is 0 Å². The van der Waals surface area contributed by atoms with Crippen molar-refractivity contribution in [3.63, 3.8) is 0 Å². The van der Waals surface area contributed by atoms with Gasteiger partial charge in [0.2, 0.25) is 5.91 Å². The van der Waals surface area contributed by atoms with Crippen LogP contribution < -0.4 is 0 Å². The molecule has 1 atom stereocenters. The van der Waals surface area contributed by atoms with E-state index in [0.29, 0.717) is 12.3 Å². The first kappa shape index (κ1) is 19.1. The number of rotatable bonds is 8. The fraction of sp³-hybridized carbons (Fsp3) is 0.600. The SMILES string of the molecule is CN(C)CCCn1ccnc1[C@H]1CCCN(C(=O)CCc2cccs2)C1. The number of carbonyl (C=O) groups is 1. The molecule has 1 aliphatic heterocycles. The Hall–Kier alpha value is -1.66. The lowest BCUT2D eigenvalue weighted by atomic mass is 9.96. The molecule has 6 heteroatoms. The highest BCUT2D eigenvalue weighted by Gasteiger charge is 2.27. The van der Waals surface area contributed by atoms with Crippen LogP contribution in [-0.4, -0.2) is 59.0 Å². The van der Waals surface area contributed by atoms with Gasteiger partial charge >= 0.3 is 0 Å². The van der Waals surface area contributed by atoms with Gasteiger partial charge in [-0.05, 0) is 57.8 Å². The zero-order valence-corrected chi connectivity index (χ0v) is 16.7. The highest BCUT2D eigenvalue weighted by molar-refractivity contribution is 7.09. The quantitative estimate of drug-likeness (QED) is 0.712. The topological polar surface area (TPSA) is 41.4 Å². The number of hydrogen-bond donors (Lipinski definition) is 0. The van der Waals surface area contributed by atoms with Crippen LogP contribution in [-0.2, 0) is 17.8 Å². The second kappa shape index (κ2) is 9.33. The van der Waals surface area contributed by atoms with Crippen molar-refractivity contribution in [3.8, 4) is 0 Å². The zero-order chi connectivity index (χ0) is 18.4. The number of thiophene rings is 1. The second-order valence-electron chi connectivity index (χ2n) is 7.39. The summed E-state index contributed by atoms with van der Waals surface area (Å²) in [6.45, 7) is 3.78. The van der Waals surface area contributed by atoms with Crippen LogP contribution in [0.1, 0.15) is 42.3 Å². The number of aryl methyl sites for hydroxylation is 2. The molecule has 2 aromatic heterocycles. The minimum absolute atomic E-state index is 0.286. The summed E-state index contributed by atoms with van der Waals surface area (Å²) in [6, 6.07) is 4.17. The Bertz CT molecular complexity index is 680. The number of imidazole rings is 1. The van der Waals surface area contributed by atoms with Gasteiger partial charge in [0.25, 0.3) is 0 Å². The van der Waals surface area contributed by atoms with E-state index in [4.69, 9.17) is 0 Å². The number of piperidine rings is 1. The van der Waals surface area contributed by atoms with Gasteiger partial charge in [-0.1, -0.05) is 6.07 Å². The Morgan fingerprint density at radius 2 is 2.31 bits per heavy atom. The van der Waals surface area contributed by atoms with Crippen molar-refractivity contribution >= 4 is 17.2 Å². The van der Waals surface area contributed by atoms with Crippen molar-refractivity contribution in [2.45, 2.75) is 44.6 Å². The lowest BCUT2D eigenvalue weighted by Crippen LogP contribution is -2.39. The molecular weight excluding hydrogens is 344 g/mol. The molecule has 1 saturated heterocycles. The molecule has 0 saturated carbocycles. The van der Waals surface area contributed by atoms with Crippen molar-refractivity contribution < 1.29 is 4.79 Å². The van der Waals surface area contributed by atoms with Gasteiger partial charge in [-0.25, -0.2) is 4.98 Å². The van der Waals surface area contributed by atoms with E-state index in [-0.39, 0.29) is 5.91 Å². The van der Waals surface area contributed by atoms with Crippen LogP contribution in [0.2, 0.25) is 0 Å². The third-order valence-corrected chi connectivity index (χ3v) is 5.99. The first-order valence-corrected chi connectivity index (χ1v) is 10.5. The van der Waals surface area contributed by atoms with Gasteiger partial charge < -0.3 is 14.4 Å². The highest BCUT2D eigenvalue weighted by atomic mass is 32.1. The van der Waals surface area contributed by atoms with E-state index in [1.165, 1.54) is 4.88 Å². The molecular formula is C20H30N4OS. The van der Waals surface area contributed by atoms with Crippen LogP contribution in [0.15, 0.2) is 29.9 Å². The minimum atomic E-state index is 0.286. The molecule has 0 spiro atoms. The summed E-state index contributed by atoms with van der Waals surface area (Å²) in [5.41, 5.74) is 0. The summed E-state index contributed by atoms with van der Waals surface area (Å²) in [5, 5.41) is 2.08. The molecule has 0 radical (unpaired) electrons. The minimum Gasteiger partial charge on any atom is -0.342 e. The van der Waals surface area contributed by atoms with Gasteiger partial charge in [0.1, 0.15) is 5.82 Å². The number of likely N-dealkylation sites (tertiary alicyclic amines) is 1. The summed E-state index contributed by atoms with van der Waals surface area (Å²) >= 11 is 1.73. The molecule has 5 nitrogen and oxygen atoms in total. The number of carbonyl (C=O) groups excluding carboxylic acids is 1. The molecule has 1 fully saturated rings. The summed E-state index contributed by atoms with van der Waals surface area (Å²) < 4.78 is 2.29. The standard InChI is InChI=1S/C20H30N4OS/c1-22(2)11-5-13-23-14-10-21-20(23)17-6-3-12-24(16-17)19(25)9-8-18-7-4-15-26-18/h4,7,10,14-15,17H,3,5-6,8-9,11-13,16H2,1-2H3/t17-/m0/s1. The molecule has 0 aromatic carbocycles. The van der Waals surface area contributed by atoms with Crippen LogP contribution >= 0.6 is 11.3 Å². The van der Waals surface area contributed by atoms with Crippen molar-refractivity contribution in [1.29, 1.82) is 0 Å². The Labute approximate surface area is 160 Å². The average Bonchev–Trinajstić information content (AvgIpc) is 3.31. The molecule has 142 valence electrons. The van der Waals surface area contributed by atoms with Gasteiger partial charge in [-0.3, -0.25) is 4.79 Å². The van der Waals surface area contributed by atoms with Crippen LogP contribution in [0.3, 0.4) is 0 Å². The Kier molecular flexibility index (Phi) is 6.86. The maximum atomic E-state index is 12.6. The molecule has 0 bridgehead atoms. The first-order valence-electron chi connectivity index (χ1n) is 9.59. The van der Waals surface area contributed by atoms with E-state index in [1.807, 2.05) is 6.20 Å². The molecule has 1 aliphatic rings. The van der Waals surface area contributed by atoms with Crippen LogP contribution in [0, 0.1) is 0 Å². The Morgan fingerprint density at radius 1 is 1.42 bits per heavy atom. The smallest absolute Gasteiger partial charge is 0.222 e. The molecule has 3 rings (SSSR count). The maximum absolute atomic E-state index is 12.6. The average molecular weight is 375 g/mol. The maximum Gasteiger partial charge on any atom is 0.222 e. The van der Waals surface area contributed by atoms with Crippen molar-refractivity contribution in [2.24, 2.45) is 0 Å². The first-order chi connectivity index (χ1) is 12.6. The fourth-order valence-electron chi connectivity index (χ4n) is 3.68. The van der Waals surface area contributed by atoms with Crippen molar-refractivity contribution in [2.75, 3.05) is 33.7 Å². The number of nitrogens with zero attached hydrogens (tertiary/aromatic N) is 4. The number of hydrogen-bond acceptors (Lipinski definition) is 4. The lowest BCUT2D eigenvalue weighted by molar-refractivity contribution is -0.132. The Balaban J connectivity index is 1.54. The fourth-order valence-corrected chi connectivity index (χ4v) is 4.39. The normalized spacial score (nSPS) is 17.8. The van der Waals surface area contributed by atoms with Gasteiger partial charge in [-0.15, -0.1) is 11.3 Å². The number of amides is 1. The number of aromatic nitrogens is 2. The third kappa shape index (κ3) is 5.17. The van der Waals surface area contributed by atoms with Gasteiger partial charge in [0, 0.05) is 49.2 Å². The van der Waals surface area contributed by atoms with E-state index in [2.05, 4.69) is 57.2 Å². The predicted molar refractivity (Wildman–Crippen MR) is 107 cm³/mol. The third-order valence-electron chi connectivity index (χ3n) is 5.06. The van der Waals surface area contributed by atoms with Crippen LogP contribution in [0.25, 0.3) is 0 Å². The summed E-state index contributed by atoms with van der Waals surface area (Å²) in [6.07, 6.45) is 8.78. The van der Waals surface area contributed by atoms with Crippen molar-refractivity contribution in [3.05, 3.63) is 40.6 Å². The molecule has 0 N–H and O–H groups in total. The molecule has 0 aliphatic carbocycles. The van der Waals surface area contributed by atoms with Crippen LogP contribution in [0.5, 0.6) is 0 Å². The molecule has 3 heterocycles. The van der Waals surface area contributed by atoms with Crippen molar-refractivity contribution in [1.82, 2.24) is 19.4 Å². The lowest BCUT2D eigenvalue weighted by Gasteiger charge is -2.33. The second-order valence-corrected chi connectivity index (χ2v) is 8.43. The van der Waals surface area contributed by atoms with E-state index in [0.717, 1.165) is 57.7 Å². The summed E-state index contributed by atoms with van der Waals surface area (Å²) in [4.78, 5) is 22.8. The van der Waals surface area contributed by atoms with E-state index in [1.54, 1.807) is 11.3 Å². The molecule has 1 amide bonds. The highest BCUT2D eigenvalue weighted by Crippen LogP contribution is 2.26. The van der Waals surface area contributed by atoms with E-state index in [9.17, 15) is 4.79 Å². The van der Waals surface area contributed by atoms with E-state index < -0.39 is 0 Å². The monoisotopic (exact) mass is 374 g/mol. The molecule has 0 unspecified atom stereocenters.